The van der Waals surface area contributed by atoms with E-state index in [0.717, 1.165) is 26.0 Å². The highest BCUT2D eigenvalue weighted by Gasteiger charge is 2.11. The highest BCUT2D eigenvalue weighted by atomic mass is 127. The second kappa shape index (κ2) is 5.13. The highest BCUT2D eigenvalue weighted by Crippen LogP contribution is 2.24. The molecule has 1 aromatic carbocycles. The Labute approximate surface area is 129 Å². The standard InChI is InChI=1S/C14H12IN3O2/c1-9-4-5-17-8-12(16-14(17)6-9)10-2-3-11(15)13(7-10)18(19)20/h2-8,18-19H,1H3. The number of benzene rings is 1. The molecule has 5 nitrogen and oxygen atoms in total. The van der Waals surface area contributed by atoms with Crippen LogP contribution in [0.4, 0.5) is 5.69 Å². The highest BCUT2D eigenvalue weighted by molar-refractivity contribution is 14.1. The largest absolute Gasteiger partial charge is 0.595 e. The van der Waals surface area contributed by atoms with E-state index in [2.05, 4.69) is 4.98 Å². The Hall–Kier alpha value is -1.48. The van der Waals surface area contributed by atoms with Crippen molar-refractivity contribution in [2.45, 2.75) is 6.92 Å². The van der Waals surface area contributed by atoms with Gasteiger partial charge in [0.2, 0.25) is 0 Å². The van der Waals surface area contributed by atoms with Crippen LogP contribution in [0.2, 0.25) is 0 Å². The van der Waals surface area contributed by atoms with Crippen LogP contribution in [0.3, 0.4) is 0 Å². The third kappa shape index (κ3) is 2.42. The molecular weight excluding hydrogens is 369 g/mol. The first-order valence-corrected chi connectivity index (χ1v) is 7.11. The van der Waals surface area contributed by atoms with E-state index >= 15 is 0 Å². The first kappa shape index (κ1) is 13.5. The number of nitrogens with zero attached hydrogens (tertiary/aromatic N) is 2. The van der Waals surface area contributed by atoms with Crippen molar-refractivity contribution in [1.29, 1.82) is 0 Å². The van der Waals surface area contributed by atoms with Gasteiger partial charge in [-0.15, -0.1) is 0 Å². The molecule has 3 rings (SSSR count). The molecule has 1 atom stereocenters. The molecule has 0 aliphatic carbocycles. The van der Waals surface area contributed by atoms with E-state index in [9.17, 15) is 10.4 Å². The number of nitrogens with one attached hydrogen (secondary N) is 1. The Morgan fingerprint density at radius 3 is 2.85 bits per heavy atom. The summed E-state index contributed by atoms with van der Waals surface area (Å²) in [6, 6.07) is 9.36. The Morgan fingerprint density at radius 1 is 1.30 bits per heavy atom. The van der Waals surface area contributed by atoms with E-state index in [1.165, 1.54) is 0 Å². The van der Waals surface area contributed by atoms with Crippen LogP contribution in [-0.4, -0.2) is 14.6 Å². The number of hydrogen-bond donors (Lipinski definition) is 2. The second-order valence-corrected chi connectivity index (χ2v) is 5.76. The molecule has 0 saturated carbocycles. The summed E-state index contributed by atoms with van der Waals surface area (Å²) >= 11 is 2.02. The smallest absolute Gasteiger partial charge is 0.177 e. The molecule has 2 aromatic heterocycles. The summed E-state index contributed by atoms with van der Waals surface area (Å²) in [6.45, 7) is 2.02. The van der Waals surface area contributed by atoms with Crippen molar-refractivity contribution in [3.63, 3.8) is 0 Å². The van der Waals surface area contributed by atoms with Gasteiger partial charge >= 0.3 is 0 Å². The van der Waals surface area contributed by atoms with Gasteiger partial charge in [0.15, 0.2) is 5.69 Å². The van der Waals surface area contributed by atoms with Gasteiger partial charge in [0.05, 0.1) is 9.26 Å². The molecule has 1 unspecified atom stereocenters. The van der Waals surface area contributed by atoms with Crippen LogP contribution >= 0.6 is 22.6 Å². The van der Waals surface area contributed by atoms with Gasteiger partial charge in [-0.2, -0.15) is 5.23 Å². The molecule has 0 saturated heterocycles. The zero-order valence-corrected chi connectivity index (χ0v) is 12.8. The summed E-state index contributed by atoms with van der Waals surface area (Å²) in [5, 5.41) is 19.5. The SMILES string of the molecule is Cc1ccn2cc(-c3ccc(I)c([NH+]([O-])O)c3)nc2c1. The van der Waals surface area contributed by atoms with E-state index in [0.29, 0.717) is 5.69 Å². The number of pyridine rings is 1. The van der Waals surface area contributed by atoms with Crippen molar-refractivity contribution < 1.29 is 10.4 Å². The van der Waals surface area contributed by atoms with Crippen LogP contribution in [0.5, 0.6) is 0 Å². The summed E-state index contributed by atoms with van der Waals surface area (Å²) < 4.78 is 2.65. The molecule has 0 bridgehead atoms. The number of quaternary nitrogens is 1. The predicted octanol–water partition coefficient (Wildman–Crippen LogP) is 2.32. The van der Waals surface area contributed by atoms with Gasteiger partial charge < -0.3 is 9.61 Å². The van der Waals surface area contributed by atoms with E-state index in [1.807, 2.05) is 64.5 Å². The van der Waals surface area contributed by atoms with Gasteiger partial charge in [-0.25, -0.2) is 10.2 Å². The van der Waals surface area contributed by atoms with Crippen molar-refractivity contribution >= 4 is 33.9 Å². The number of aryl methyl sites for hydroxylation is 1. The van der Waals surface area contributed by atoms with Gasteiger partial charge in [0.1, 0.15) is 5.65 Å². The Kier molecular flexibility index (Phi) is 3.47. The number of imidazole rings is 1. The summed E-state index contributed by atoms with van der Waals surface area (Å²) in [5.41, 5.74) is 3.88. The summed E-state index contributed by atoms with van der Waals surface area (Å²) in [6.07, 6.45) is 3.86. The number of hydrogen-bond acceptors (Lipinski definition) is 3. The maximum Gasteiger partial charge on any atom is 0.177 e. The zero-order chi connectivity index (χ0) is 14.3. The molecule has 0 amide bonds. The normalized spacial score (nSPS) is 12.8. The maximum atomic E-state index is 11.2. The third-order valence-corrected chi connectivity index (χ3v) is 4.05. The van der Waals surface area contributed by atoms with E-state index < -0.39 is 5.23 Å². The summed E-state index contributed by atoms with van der Waals surface area (Å²) in [4.78, 5) is 4.54. The molecule has 0 spiro atoms. The lowest BCUT2D eigenvalue weighted by Gasteiger charge is -2.13. The van der Waals surface area contributed by atoms with E-state index in [-0.39, 0.29) is 0 Å². The minimum absolute atomic E-state index is 0.302. The van der Waals surface area contributed by atoms with E-state index in [4.69, 9.17) is 0 Å². The van der Waals surface area contributed by atoms with E-state index in [1.54, 1.807) is 12.1 Å². The van der Waals surface area contributed by atoms with Crippen LogP contribution in [0.25, 0.3) is 16.9 Å². The number of halogens is 1. The topological polar surface area (TPSA) is 65.0 Å². The molecule has 0 aliphatic heterocycles. The molecule has 0 fully saturated rings. The summed E-state index contributed by atoms with van der Waals surface area (Å²) in [5.74, 6) is 0. The van der Waals surface area contributed by atoms with Crippen molar-refractivity contribution in [3.05, 3.63) is 57.1 Å². The minimum Gasteiger partial charge on any atom is -0.595 e. The fraction of sp³-hybridized carbons (Fsp3) is 0.0714. The number of aromatic nitrogens is 2. The monoisotopic (exact) mass is 381 g/mol. The average Bonchev–Trinajstić information content (AvgIpc) is 2.81. The quantitative estimate of drug-likeness (QED) is 0.529. The molecule has 2 N–H and O–H groups in total. The second-order valence-electron chi connectivity index (χ2n) is 4.60. The van der Waals surface area contributed by atoms with Crippen LogP contribution in [-0.2, 0) is 0 Å². The molecule has 2 heterocycles. The van der Waals surface area contributed by atoms with Gasteiger partial charge in [0, 0.05) is 24.0 Å². The molecule has 0 radical (unpaired) electrons. The fourth-order valence-electron chi connectivity index (χ4n) is 2.07. The van der Waals surface area contributed by atoms with Gasteiger partial charge in [-0.1, -0.05) is 6.07 Å². The van der Waals surface area contributed by atoms with Crippen molar-refractivity contribution in [2.75, 3.05) is 0 Å². The molecule has 102 valence electrons. The number of fused-ring (bicyclic) bond motifs is 1. The molecule has 0 aliphatic rings. The lowest BCUT2D eigenvalue weighted by atomic mass is 10.1. The fourth-order valence-corrected chi connectivity index (χ4v) is 2.64. The first-order valence-electron chi connectivity index (χ1n) is 6.03. The van der Waals surface area contributed by atoms with Crippen LogP contribution in [0.15, 0.2) is 42.7 Å². The lowest BCUT2D eigenvalue weighted by Crippen LogP contribution is -2.99. The van der Waals surface area contributed by atoms with Gasteiger partial charge in [-0.05, 0) is 53.3 Å². The minimum atomic E-state index is -0.921. The van der Waals surface area contributed by atoms with Crippen molar-refractivity contribution in [3.8, 4) is 11.3 Å². The summed E-state index contributed by atoms with van der Waals surface area (Å²) in [7, 11) is 0. The Morgan fingerprint density at radius 2 is 2.10 bits per heavy atom. The molecule has 3 aromatic rings. The Bertz CT molecular complexity index is 783. The van der Waals surface area contributed by atoms with Crippen molar-refractivity contribution in [1.82, 2.24) is 9.38 Å². The molecule has 20 heavy (non-hydrogen) atoms. The van der Waals surface area contributed by atoms with Gasteiger partial charge in [-0.3, -0.25) is 0 Å². The third-order valence-electron chi connectivity index (χ3n) is 3.11. The lowest BCUT2D eigenvalue weighted by molar-refractivity contribution is -0.991. The van der Waals surface area contributed by atoms with Gasteiger partial charge in [0.25, 0.3) is 0 Å². The molecule has 6 heteroatoms. The maximum absolute atomic E-state index is 11.2. The number of rotatable bonds is 2. The van der Waals surface area contributed by atoms with Crippen LogP contribution in [0, 0.1) is 15.7 Å². The Balaban J connectivity index is 2.13. The van der Waals surface area contributed by atoms with Crippen LogP contribution < -0.4 is 5.23 Å². The predicted molar refractivity (Wildman–Crippen MR) is 83.9 cm³/mol. The van der Waals surface area contributed by atoms with Crippen molar-refractivity contribution in [2.24, 2.45) is 0 Å². The van der Waals surface area contributed by atoms with Crippen LogP contribution in [0.1, 0.15) is 5.56 Å². The zero-order valence-electron chi connectivity index (χ0n) is 10.7. The first-order chi connectivity index (χ1) is 9.54. The average molecular weight is 381 g/mol. The molecular formula is C14H12IN3O2.